The molecule has 3 aromatic rings. The second kappa shape index (κ2) is 6.48. The van der Waals surface area contributed by atoms with E-state index >= 15 is 0 Å². The average molecular weight is 311 g/mol. The topological polar surface area (TPSA) is 72.4 Å². The molecular weight excluding hydrogens is 294 g/mol. The molecule has 0 aliphatic heterocycles. The Morgan fingerprint density at radius 3 is 2.61 bits per heavy atom. The molecule has 0 saturated heterocycles. The van der Waals surface area contributed by atoms with Crippen LogP contribution >= 0.6 is 0 Å². The molecule has 1 aromatic carbocycles. The van der Waals surface area contributed by atoms with Gasteiger partial charge < -0.3 is 13.9 Å². The molecule has 2 aromatic heterocycles. The number of carbonyl (C=O) groups is 1. The highest BCUT2D eigenvalue weighted by atomic mass is 16.5. The first-order chi connectivity index (χ1) is 11.1. The van der Waals surface area contributed by atoms with E-state index in [0.717, 1.165) is 11.3 Å². The number of rotatable bonds is 5. The van der Waals surface area contributed by atoms with Crippen LogP contribution in [-0.2, 0) is 17.8 Å². The van der Waals surface area contributed by atoms with Gasteiger partial charge in [-0.15, -0.1) is 0 Å². The number of benzene rings is 1. The SMILES string of the molecule is Cc1cc(CC(=O)N(C)Cc2cc(-c3ccccc3)on2)on1. The third-order valence-electron chi connectivity index (χ3n) is 3.44. The number of carbonyl (C=O) groups excluding carboxylic acids is 1. The Morgan fingerprint density at radius 2 is 1.91 bits per heavy atom. The monoisotopic (exact) mass is 311 g/mol. The lowest BCUT2D eigenvalue weighted by Crippen LogP contribution is -2.27. The molecule has 3 rings (SSSR count). The largest absolute Gasteiger partial charge is 0.361 e. The van der Waals surface area contributed by atoms with Crippen LogP contribution in [0.2, 0.25) is 0 Å². The lowest BCUT2D eigenvalue weighted by Gasteiger charge is -2.14. The number of amides is 1. The standard InChI is InChI=1S/C17H17N3O3/c1-12-8-15(22-18-12)10-17(21)20(2)11-14-9-16(23-19-14)13-6-4-3-5-7-13/h3-9H,10-11H2,1-2H3. The number of aryl methyl sites for hydroxylation is 1. The second-order valence-electron chi connectivity index (χ2n) is 5.41. The highest BCUT2D eigenvalue weighted by Gasteiger charge is 2.15. The molecular formula is C17H17N3O3. The Balaban J connectivity index is 1.62. The maximum Gasteiger partial charge on any atom is 0.230 e. The summed E-state index contributed by atoms with van der Waals surface area (Å²) in [6, 6.07) is 13.3. The van der Waals surface area contributed by atoms with Crippen molar-refractivity contribution in [2.45, 2.75) is 19.9 Å². The van der Waals surface area contributed by atoms with Crippen LogP contribution in [0.25, 0.3) is 11.3 Å². The summed E-state index contributed by atoms with van der Waals surface area (Å²) >= 11 is 0. The molecule has 2 heterocycles. The molecule has 23 heavy (non-hydrogen) atoms. The van der Waals surface area contributed by atoms with Crippen LogP contribution in [-0.4, -0.2) is 28.2 Å². The Morgan fingerprint density at radius 1 is 1.13 bits per heavy atom. The van der Waals surface area contributed by atoms with Crippen LogP contribution < -0.4 is 0 Å². The predicted octanol–water partition coefficient (Wildman–Crippen LogP) is 2.84. The van der Waals surface area contributed by atoms with Crippen LogP contribution in [0.15, 0.2) is 51.5 Å². The van der Waals surface area contributed by atoms with E-state index in [0.29, 0.717) is 23.8 Å². The Labute approximate surface area is 133 Å². The molecule has 0 radical (unpaired) electrons. The van der Waals surface area contributed by atoms with E-state index in [1.165, 1.54) is 0 Å². The van der Waals surface area contributed by atoms with Gasteiger partial charge in [0.15, 0.2) is 5.76 Å². The zero-order valence-corrected chi connectivity index (χ0v) is 13.0. The predicted molar refractivity (Wildman–Crippen MR) is 83.4 cm³/mol. The zero-order chi connectivity index (χ0) is 16.2. The van der Waals surface area contributed by atoms with Gasteiger partial charge in [0.2, 0.25) is 5.91 Å². The highest BCUT2D eigenvalue weighted by molar-refractivity contribution is 5.77. The van der Waals surface area contributed by atoms with Crippen molar-refractivity contribution in [3.05, 3.63) is 59.6 Å². The smallest absolute Gasteiger partial charge is 0.230 e. The van der Waals surface area contributed by atoms with Crippen molar-refractivity contribution in [3.8, 4) is 11.3 Å². The summed E-state index contributed by atoms with van der Waals surface area (Å²) in [5.74, 6) is 1.18. The summed E-state index contributed by atoms with van der Waals surface area (Å²) in [6.45, 7) is 2.20. The van der Waals surface area contributed by atoms with Gasteiger partial charge in [-0.25, -0.2) is 0 Å². The fourth-order valence-electron chi connectivity index (χ4n) is 2.24. The van der Waals surface area contributed by atoms with Crippen molar-refractivity contribution < 1.29 is 13.8 Å². The lowest BCUT2D eigenvalue weighted by atomic mass is 10.1. The molecule has 6 heteroatoms. The van der Waals surface area contributed by atoms with Crippen molar-refractivity contribution in [1.29, 1.82) is 0 Å². The van der Waals surface area contributed by atoms with E-state index in [1.54, 1.807) is 18.0 Å². The first kappa shape index (κ1) is 15.0. The molecule has 0 bridgehead atoms. The minimum Gasteiger partial charge on any atom is -0.361 e. The highest BCUT2D eigenvalue weighted by Crippen LogP contribution is 2.20. The van der Waals surface area contributed by atoms with Crippen LogP contribution in [0.3, 0.4) is 0 Å². The van der Waals surface area contributed by atoms with Crippen LogP contribution in [0.4, 0.5) is 0 Å². The first-order valence-electron chi connectivity index (χ1n) is 7.29. The number of hydrogen-bond acceptors (Lipinski definition) is 5. The number of aromatic nitrogens is 2. The molecule has 0 aliphatic rings. The zero-order valence-electron chi connectivity index (χ0n) is 13.0. The lowest BCUT2D eigenvalue weighted by molar-refractivity contribution is -0.130. The van der Waals surface area contributed by atoms with Gasteiger partial charge in [-0.3, -0.25) is 4.79 Å². The first-order valence-corrected chi connectivity index (χ1v) is 7.29. The Hall–Kier alpha value is -2.89. The summed E-state index contributed by atoms with van der Waals surface area (Å²) < 4.78 is 10.4. The van der Waals surface area contributed by atoms with Gasteiger partial charge in [0.05, 0.1) is 18.7 Å². The minimum absolute atomic E-state index is 0.0644. The van der Waals surface area contributed by atoms with Crippen LogP contribution in [0.5, 0.6) is 0 Å². The molecule has 0 spiro atoms. The molecule has 6 nitrogen and oxygen atoms in total. The molecule has 0 fully saturated rings. The quantitative estimate of drug-likeness (QED) is 0.724. The maximum absolute atomic E-state index is 12.2. The molecule has 118 valence electrons. The van der Waals surface area contributed by atoms with Crippen molar-refractivity contribution in [3.63, 3.8) is 0 Å². The molecule has 0 atom stereocenters. The fourth-order valence-corrected chi connectivity index (χ4v) is 2.24. The minimum atomic E-state index is -0.0644. The molecule has 0 aliphatic carbocycles. The van der Waals surface area contributed by atoms with Crippen molar-refractivity contribution in [2.75, 3.05) is 7.05 Å². The van der Waals surface area contributed by atoms with Crippen LogP contribution in [0.1, 0.15) is 17.1 Å². The average Bonchev–Trinajstić information content (AvgIpc) is 3.17. The normalized spacial score (nSPS) is 10.7. The van der Waals surface area contributed by atoms with Gasteiger partial charge in [0, 0.05) is 24.7 Å². The van der Waals surface area contributed by atoms with E-state index in [9.17, 15) is 4.79 Å². The second-order valence-corrected chi connectivity index (χ2v) is 5.41. The third-order valence-corrected chi connectivity index (χ3v) is 3.44. The van der Waals surface area contributed by atoms with Gasteiger partial charge in [-0.1, -0.05) is 40.6 Å². The number of hydrogen-bond donors (Lipinski definition) is 0. The molecule has 0 unspecified atom stereocenters. The Bertz CT molecular complexity index is 792. The van der Waals surface area contributed by atoms with Crippen LogP contribution in [0, 0.1) is 6.92 Å². The van der Waals surface area contributed by atoms with Crippen molar-refractivity contribution in [2.24, 2.45) is 0 Å². The van der Waals surface area contributed by atoms with Gasteiger partial charge in [-0.2, -0.15) is 0 Å². The Kier molecular flexibility index (Phi) is 4.23. The number of likely N-dealkylation sites (N-methyl/N-ethyl adjacent to an activating group) is 1. The number of nitrogens with zero attached hydrogens (tertiary/aromatic N) is 3. The van der Waals surface area contributed by atoms with E-state index in [-0.39, 0.29) is 12.3 Å². The molecule has 0 N–H and O–H groups in total. The summed E-state index contributed by atoms with van der Waals surface area (Å²) in [7, 11) is 1.72. The fraction of sp³-hybridized carbons (Fsp3) is 0.235. The third kappa shape index (κ3) is 3.66. The van der Waals surface area contributed by atoms with Gasteiger partial charge in [0.1, 0.15) is 11.5 Å². The summed E-state index contributed by atoms with van der Waals surface area (Å²) in [4.78, 5) is 13.8. The summed E-state index contributed by atoms with van der Waals surface area (Å²) in [5, 5.41) is 7.80. The summed E-state index contributed by atoms with van der Waals surface area (Å²) in [6.07, 6.45) is 0.181. The maximum atomic E-state index is 12.2. The van der Waals surface area contributed by atoms with Crippen molar-refractivity contribution >= 4 is 5.91 Å². The van der Waals surface area contributed by atoms with Gasteiger partial charge in [-0.05, 0) is 6.92 Å². The van der Waals surface area contributed by atoms with Gasteiger partial charge >= 0.3 is 0 Å². The summed E-state index contributed by atoms with van der Waals surface area (Å²) in [5.41, 5.74) is 2.42. The van der Waals surface area contributed by atoms with E-state index in [4.69, 9.17) is 9.05 Å². The van der Waals surface area contributed by atoms with E-state index in [2.05, 4.69) is 10.3 Å². The van der Waals surface area contributed by atoms with Crippen molar-refractivity contribution in [1.82, 2.24) is 15.2 Å². The molecule has 1 amide bonds. The van der Waals surface area contributed by atoms with Gasteiger partial charge in [0.25, 0.3) is 0 Å². The van der Waals surface area contributed by atoms with E-state index < -0.39 is 0 Å². The van der Waals surface area contributed by atoms with E-state index in [1.807, 2.05) is 43.3 Å². The molecule has 0 saturated carbocycles.